The van der Waals surface area contributed by atoms with Crippen LogP contribution in [0.3, 0.4) is 0 Å². The van der Waals surface area contributed by atoms with E-state index in [1.54, 1.807) is 18.2 Å². The lowest BCUT2D eigenvalue weighted by molar-refractivity contribution is 0.0636. The fourth-order valence-electron chi connectivity index (χ4n) is 2.09. The highest BCUT2D eigenvalue weighted by Crippen LogP contribution is 2.44. The summed E-state index contributed by atoms with van der Waals surface area (Å²) >= 11 is 11.9. The Hall–Kier alpha value is -0.570. The van der Waals surface area contributed by atoms with Gasteiger partial charge in [0.1, 0.15) is 0 Å². The number of nitrogens with two attached hydrogens (primary N) is 1. The van der Waals surface area contributed by atoms with Crippen molar-refractivity contribution in [2.45, 2.75) is 19.3 Å². The maximum Gasteiger partial charge on any atom is 0.171 e. The number of hydrogen-bond acceptors (Lipinski definition) is 2. The summed E-state index contributed by atoms with van der Waals surface area (Å²) in [6.45, 7) is 0.384. The Balaban J connectivity index is 2.37. The van der Waals surface area contributed by atoms with Crippen molar-refractivity contribution in [1.29, 1.82) is 0 Å². The van der Waals surface area contributed by atoms with Gasteiger partial charge in [-0.2, -0.15) is 0 Å². The fraction of sp³-hybridized carbons (Fsp3) is 0.417. The van der Waals surface area contributed by atoms with E-state index in [9.17, 15) is 4.79 Å². The van der Waals surface area contributed by atoms with Crippen LogP contribution in [0.25, 0.3) is 0 Å². The molecule has 0 spiro atoms. The number of ketones is 1. The second-order valence-corrected chi connectivity index (χ2v) is 5.05. The number of rotatable bonds is 3. The minimum absolute atomic E-state index is 0.0359. The van der Waals surface area contributed by atoms with Crippen molar-refractivity contribution >= 4 is 29.0 Å². The van der Waals surface area contributed by atoms with Crippen LogP contribution in [0.15, 0.2) is 18.2 Å². The molecule has 2 N–H and O–H groups in total. The monoisotopic (exact) mass is 257 g/mol. The van der Waals surface area contributed by atoms with Gasteiger partial charge in [-0.05, 0) is 25.0 Å². The van der Waals surface area contributed by atoms with Crippen LogP contribution in [-0.4, -0.2) is 12.3 Å². The Labute approximate surface area is 105 Å². The van der Waals surface area contributed by atoms with Gasteiger partial charge < -0.3 is 5.73 Å². The summed E-state index contributed by atoms with van der Waals surface area (Å²) in [5.74, 6) is 0.0359. The summed E-state index contributed by atoms with van der Waals surface area (Å²) in [6, 6.07) is 5.13. The molecule has 0 bridgehead atoms. The lowest BCUT2D eigenvalue weighted by Crippen LogP contribution is -2.44. The van der Waals surface area contributed by atoms with Crippen molar-refractivity contribution in [3.05, 3.63) is 33.8 Å². The Kier molecular flexibility index (Phi) is 3.24. The van der Waals surface area contributed by atoms with Gasteiger partial charge >= 0.3 is 0 Å². The second-order valence-electron chi connectivity index (χ2n) is 4.27. The van der Waals surface area contributed by atoms with Crippen LogP contribution < -0.4 is 5.73 Å². The minimum atomic E-state index is -0.395. The zero-order valence-corrected chi connectivity index (χ0v) is 10.3. The maximum absolute atomic E-state index is 12.3. The molecule has 0 radical (unpaired) electrons. The van der Waals surface area contributed by atoms with E-state index < -0.39 is 5.41 Å². The average Bonchev–Trinajstić information content (AvgIpc) is 2.21. The number of carbonyl (C=O) groups excluding carboxylic acids is 1. The predicted molar refractivity (Wildman–Crippen MR) is 66.1 cm³/mol. The minimum Gasteiger partial charge on any atom is -0.329 e. The smallest absolute Gasteiger partial charge is 0.171 e. The Morgan fingerprint density at radius 2 is 2.06 bits per heavy atom. The molecule has 2 nitrogen and oxygen atoms in total. The lowest BCUT2D eigenvalue weighted by Gasteiger charge is -2.39. The molecule has 1 aliphatic rings. The van der Waals surface area contributed by atoms with Crippen LogP contribution in [0.2, 0.25) is 10.0 Å². The van der Waals surface area contributed by atoms with Gasteiger partial charge in [0, 0.05) is 17.5 Å². The van der Waals surface area contributed by atoms with Crippen molar-refractivity contribution in [1.82, 2.24) is 0 Å². The van der Waals surface area contributed by atoms with Crippen LogP contribution in [-0.2, 0) is 0 Å². The van der Waals surface area contributed by atoms with Crippen LogP contribution in [0.5, 0.6) is 0 Å². The maximum atomic E-state index is 12.3. The normalized spacial score (nSPS) is 17.9. The quantitative estimate of drug-likeness (QED) is 0.845. The van der Waals surface area contributed by atoms with E-state index >= 15 is 0 Å². The molecule has 86 valence electrons. The van der Waals surface area contributed by atoms with Crippen molar-refractivity contribution in [2.24, 2.45) is 11.1 Å². The molecule has 0 heterocycles. The van der Waals surface area contributed by atoms with E-state index in [1.165, 1.54) is 0 Å². The molecule has 16 heavy (non-hydrogen) atoms. The molecule has 0 atom stereocenters. The summed E-state index contributed by atoms with van der Waals surface area (Å²) in [6.07, 6.45) is 2.76. The first-order chi connectivity index (χ1) is 7.60. The Morgan fingerprint density at radius 1 is 1.38 bits per heavy atom. The van der Waals surface area contributed by atoms with Gasteiger partial charge in [0.15, 0.2) is 5.78 Å². The number of carbonyl (C=O) groups is 1. The van der Waals surface area contributed by atoms with Crippen LogP contribution in [0.4, 0.5) is 0 Å². The van der Waals surface area contributed by atoms with Gasteiger partial charge in [-0.15, -0.1) is 0 Å². The van der Waals surface area contributed by atoms with Gasteiger partial charge in [-0.3, -0.25) is 4.79 Å². The SMILES string of the molecule is NCC1(C(=O)c2cccc(Cl)c2Cl)CCC1. The van der Waals surface area contributed by atoms with Gasteiger partial charge in [0.05, 0.1) is 10.0 Å². The van der Waals surface area contributed by atoms with Crippen LogP contribution >= 0.6 is 23.2 Å². The Morgan fingerprint density at radius 3 is 2.56 bits per heavy atom. The number of Topliss-reactive ketones (excluding diaryl/α,β-unsaturated/α-hetero) is 1. The fourth-order valence-corrected chi connectivity index (χ4v) is 2.48. The van der Waals surface area contributed by atoms with E-state index in [1.807, 2.05) is 0 Å². The van der Waals surface area contributed by atoms with E-state index in [2.05, 4.69) is 0 Å². The highest BCUT2D eigenvalue weighted by molar-refractivity contribution is 6.44. The first-order valence-corrected chi connectivity index (χ1v) is 6.05. The topological polar surface area (TPSA) is 43.1 Å². The summed E-state index contributed by atoms with van der Waals surface area (Å²) in [5.41, 5.74) is 5.80. The van der Waals surface area contributed by atoms with Gasteiger partial charge in [0.25, 0.3) is 0 Å². The Bertz CT molecular complexity index is 422. The van der Waals surface area contributed by atoms with Crippen LogP contribution in [0, 0.1) is 5.41 Å². The summed E-state index contributed by atoms with van der Waals surface area (Å²) in [5, 5.41) is 0.757. The van der Waals surface area contributed by atoms with Crippen molar-refractivity contribution in [3.8, 4) is 0 Å². The van der Waals surface area contributed by atoms with E-state index in [4.69, 9.17) is 28.9 Å². The molecule has 0 aromatic heterocycles. The predicted octanol–water partition coefficient (Wildman–Crippen LogP) is 3.31. The molecule has 0 unspecified atom stereocenters. The third-order valence-corrected chi connectivity index (χ3v) is 4.20. The third kappa shape index (κ3) is 1.75. The highest BCUT2D eigenvalue weighted by Gasteiger charge is 2.43. The second kappa shape index (κ2) is 4.36. The molecular formula is C12H13Cl2NO. The van der Waals surface area contributed by atoms with Gasteiger partial charge in [0.2, 0.25) is 0 Å². The molecular weight excluding hydrogens is 245 g/mol. The molecule has 2 rings (SSSR count). The standard InChI is InChI=1S/C12H13Cl2NO/c13-9-4-1-3-8(10(9)14)11(16)12(7-15)5-2-6-12/h1,3-4H,2,5-7,15H2. The lowest BCUT2D eigenvalue weighted by atomic mass is 9.64. The highest BCUT2D eigenvalue weighted by atomic mass is 35.5. The molecule has 1 saturated carbocycles. The van der Waals surface area contributed by atoms with Crippen molar-refractivity contribution in [3.63, 3.8) is 0 Å². The molecule has 1 aliphatic carbocycles. The summed E-state index contributed by atoms with van der Waals surface area (Å²) in [4.78, 5) is 12.3. The van der Waals surface area contributed by atoms with Gasteiger partial charge in [-0.25, -0.2) is 0 Å². The number of benzene rings is 1. The largest absolute Gasteiger partial charge is 0.329 e. The zero-order valence-electron chi connectivity index (χ0n) is 8.80. The van der Waals surface area contributed by atoms with E-state index in [0.29, 0.717) is 22.2 Å². The molecule has 1 fully saturated rings. The van der Waals surface area contributed by atoms with Crippen molar-refractivity contribution < 1.29 is 4.79 Å². The molecule has 0 saturated heterocycles. The summed E-state index contributed by atoms with van der Waals surface area (Å²) in [7, 11) is 0. The van der Waals surface area contributed by atoms with Gasteiger partial charge in [-0.1, -0.05) is 35.7 Å². The van der Waals surface area contributed by atoms with Crippen molar-refractivity contribution in [2.75, 3.05) is 6.54 Å². The average molecular weight is 258 g/mol. The molecule has 0 aliphatic heterocycles. The zero-order chi connectivity index (χ0) is 11.8. The van der Waals surface area contributed by atoms with E-state index in [-0.39, 0.29) is 5.78 Å². The summed E-state index contributed by atoms with van der Waals surface area (Å²) < 4.78 is 0. The first kappa shape index (κ1) is 11.9. The van der Waals surface area contributed by atoms with Crippen LogP contribution in [0.1, 0.15) is 29.6 Å². The van der Waals surface area contributed by atoms with E-state index in [0.717, 1.165) is 19.3 Å². The first-order valence-electron chi connectivity index (χ1n) is 5.30. The third-order valence-electron chi connectivity index (χ3n) is 3.38. The molecule has 4 heteroatoms. The molecule has 0 amide bonds. The molecule has 1 aromatic carbocycles. The number of hydrogen-bond donors (Lipinski definition) is 1. The molecule has 1 aromatic rings. The number of halogens is 2.